The number of aromatic nitrogens is 1. The minimum atomic E-state index is -6.13. The van der Waals surface area contributed by atoms with Crippen LogP contribution in [-0.2, 0) is 56.0 Å². The van der Waals surface area contributed by atoms with Crippen molar-refractivity contribution in [1.29, 1.82) is 0 Å². The Morgan fingerprint density at radius 3 is 0.924 bits per heavy atom. The maximum atomic E-state index is 14.2. The Kier molecular flexibility index (Phi) is 15.9. The number of fused-ring (bicyclic) bond motifs is 1. The predicted molar refractivity (Wildman–Crippen MR) is 232 cm³/mol. The summed E-state index contributed by atoms with van der Waals surface area (Å²) >= 11 is 0. The molecule has 0 atom stereocenters. The first-order chi connectivity index (χ1) is 35.9. The summed E-state index contributed by atoms with van der Waals surface area (Å²) in [5.74, 6) is -0.989. The standard InChI is InChI=1S/C32H12BF24.C18H13NO3/c34-25(35,36)13-1-14(26(37,38)39)6-21(5-13)33(22-7-15(27(40,41)42)2-16(8-22)28(43,44)45,23-9-17(29(46,47)48)3-18(10-23)30(49,50)51)24-11-19(31(52,53)54)4-20(12-24)32(55,56)57;20-17(13-6-2-1-3-7-13)12-19-11-5-9-14-15(18(21)22)8-4-10-16(14)19/h1-12H;1-11H,12H2/q-1;/p+1. The third-order valence-corrected chi connectivity index (χ3v) is 12.0. The lowest BCUT2D eigenvalue weighted by Gasteiger charge is -2.46. The van der Waals surface area contributed by atoms with Crippen molar-refractivity contribution in [2.75, 3.05) is 0 Å². The summed E-state index contributed by atoms with van der Waals surface area (Å²) in [6.07, 6.45) is -53.0. The van der Waals surface area contributed by atoms with Crippen LogP contribution in [0.5, 0.6) is 0 Å². The van der Waals surface area contributed by atoms with Crippen LogP contribution in [0.4, 0.5) is 105 Å². The van der Waals surface area contributed by atoms with Crippen LogP contribution in [-0.4, -0.2) is 23.0 Å². The minimum absolute atomic E-state index is 0.0150. The van der Waals surface area contributed by atoms with Gasteiger partial charge in [-0.05, 0) is 36.4 Å². The number of rotatable bonds is 8. The van der Waals surface area contributed by atoms with Gasteiger partial charge < -0.3 is 5.11 Å². The SMILES string of the molecule is FC(F)(F)c1cc([B-](c2cc(C(F)(F)F)cc(C(F)(F)F)c2)(c2cc(C(F)(F)F)cc(C(F)(F)F)c2)c2cc(C(F)(F)F)cc(C(F)(F)F)c2)cc(C(F)(F)F)c1.O=C(C[n+]1cccc2c(C(=O)O)cccc21)c1ccccc1. The molecular formula is C50H26BF24NO3. The van der Waals surface area contributed by atoms with E-state index in [1.165, 1.54) is 0 Å². The van der Waals surface area contributed by atoms with Crippen molar-refractivity contribution in [2.24, 2.45) is 0 Å². The van der Waals surface area contributed by atoms with Crippen LogP contribution < -0.4 is 26.4 Å². The van der Waals surface area contributed by atoms with Crippen LogP contribution >= 0.6 is 0 Å². The van der Waals surface area contributed by atoms with Crippen LogP contribution in [0, 0.1) is 0 Å². The summed E-state index contributed by atoms with van der Waals surface area (Å²) in [7, 11) is 0. The number of carbonyl (C=O) groups is 2. The lowest BCUT2D eigenvalue weighted by atomic mass is 9.12. The summed E-state index contributed by atoms with van der Waals surface area (Å²) in [6.45, 7) is 0.171. The van der Waals surface area contributed by atoms with Gasteiger partial charge in [-0.3, -0.25) is 4.79 Å². The zero-order chi connectivity index (χ0) is 59.4. The first-order valence-corrected chi connectivity index (χ1v) is 21.5. The van der Waals surface area contributed by atoms with Crippen molar-refractivity contribution in [2.45, 2.75) is 56.0 Å². The van der Waals surface area contributed by atoms with E-state index in [2.05, 4.69) is 0 Å². The molecule has 0 spiro atoms. The largest absolute Gasteiger partial charge is 0.478 e. The van der Waals surface area contributed by atoms with Gasteiger partial charge in [-0.2, -0.15) is 132 Å². The molecule has 1 N–H and O–H groups in total. The van der Waals surface area contributed by atoms with Gasteiger partial charge in [0.1, 0.15) is 6.15 Å². The Bertz CT molecular complexity index is 2990. The number of hydrogen-bond acceptors (Lipinski definition) is 2. The van der Waals surface area contributed by atoms with Gasteiger partial charge in [-0.15, -0.1) is 0 Å². The highest BCUT2D eigenvalue weighted by Gasteiger charge is 2.47. The molecule has 1 heterocycles. The molecule has 0 saturated carbocycles. The van der Waals surface area contributed by atoms with Gasteiger partial charge in [0.25, 0.3) is 0 Å². The number of halogens is 24. The molecule has 79 heavy (non-hydrogen) atoms. The van der Waals surface area contributed by atoms with E-state index in [-0.39, 0.29) is 17.9 Å². The van der Waals surface area contributed by atoms with Crippen LogP contribution in [0.3, 0.4) is 0 Å². The van der Waals surface area contributed by atoms with E-state index in [1.54, 1.807) is 47.2 Å². The number of pyridine rings is 1. The molecule has 7 rings (SSSR count). The fraction of sp³-hybridized carbons (Fsp3) is 0.180. The summed E-state index contributed by atoms with van der Waals surface area (Å²) in [5, 5.41) is 9.88. The zero-order valence-corrected chi connectivity index (χ0v) is 38.3. The third kappa shape index (κ3) is 13.4. The highest BCUT2D eigenvalue weighted by Crippen LogP contribution is 2.41. The molecule has 0 fully saturated rings. The maximum Gasteiger partial charge on any atom is 0.416 e. The second kappa shape index (κ2) is 20.8. The van der Waals surface area contributed by atoms with Crippen molar-refractivity contribution in [3.63, 3.8) is 0 Å². The minimum Gasteiger partial charge on any atom is -0.478 e. The Morgan fingerprint density at radius 1 is 0.367 bits per heavy atom. The van der Waals surface area contributed by atoms with Gasteiger partial charge in [0.15, 0.2) is 6.20 Å². The van der Waals surface area contributed by atoms with Crippen LogP contribution in [0.25, 0.3) is 10.9 Å². The average molecular weight is 1160 g/mol. The van der Waals surface area contributed by atoms with Crippen LogP contribution in [0.1, 0.15) is 65.2 Å². The number of nitrogens with zero attached hydrogens (tertiary/aromatic N) is 1. The number of hydrogen-bond donors (Lipinski definition) is 1. The Balaban J connectivity index is 0.000000378. The molecule has 0 aliphatic heterocycles. The number of carboxylic acids is 1. The summed E-state index contributed by atoms with van der Waals surface area (Å²) in [6, 6.07) is 8.83. The van der Waals surface area contributed by atoms with Gasteiger partial charge >= 0.3 is 55.4 Å². The molecule has 4 nitrogen and oxygen atoms in total. The van der Waals surface area contributed by atoms with Crippen molar-refractivity contribution in [3.8, 4) is 0 Å². The number of carboxylic acid groups (broad SMARTS) is 1. The first-order valence-electron chi connectivity index (χ1n) is 21.5. The number of aromatic carboxylic acids is 1. The number of benzene rings is 6. The van der Waals surface area contributed by atoms with Crippen molar-refractivity contribution >= 4 is 50.7 Å². The fourth-order valence-electron chi connectivity index (χ4n) is 8.57. The molecule has 7 aromatic rings. The van der Waals surface area contributed by atoms with E-state index >= 15 is 0 Å². The number of alkyl halides is 24. The van der Waals surface area contributed by atoms with E-state index in [0.717, 1.165) is 5.52 Å². The van der Waals surface area contributed by atoms with Gasteiger partial charge in [0.05, 0.1) is 55.5 Å². The average Bonchev–Trinajstić information content (AvgIpc) is 3.53. The zero-order valence-electron chi connectivity index (χ0n) is 38.3. The topological polar surface area (TPSA) is 58.2 Å². The van der Waals surface area contributed by atoms with Gasteiger partial charge in [0, 0.05) is 17.7 Å². The van der Waals surface area contributed by atoms with Crippen molar-refractivity contribution in [3.05, 3.63) is 195 Å². The molecule has 29 heteroatoms. The molecule has 0 aliphatic carbocycles. The highest BCUT2D eigenvalue weighted by atomic mass is 19.4. The monoisotopic (exact) mass is 1160 g/mol. The lowest BCUT2D eigenvalue weighted by Crippen LogP contribution is -2.75. The molecule has 0 amide bonds. The van der Waals surface area contributed by atoms with E-state index < -0.39 is 201 Å². The molecular weight excluding hydrogens is 1130 g/mol. The van der Waals surface area contributed by atoms with Crippen molar-refractivity contribution in [1.82, 2.24) is 0 Å². The second-order valence-corrected chi connectivity index (χ2v) is 17.2. The van der Waals surface area contributed by atoms with E-state index in [9.17, 15) is 120 Å². The van der Waals surface area contributed by atoms with Crippen LogP contribution in [0.2, 0.25) is 0 Å². The molecule has 0 unspecified atom stereocenters. The number of ketones is 1. The normalized spacial score (nSPS) is 13.3. The van der Waals surface area contributed by atoms with E-state index in [1.807, 2.05) is 24.3 Å². The van der Waals surface area contributed by atoms with Crippen molar-refractivity contribution < 1.29 is 125 Å². The summed E-state index contributed by atoms with van der Waals surface area (Å²) in [5.41, 5.74) is -28.6. The van der Waals surface area contributed by atoms with E-state index in [4.69, 9.17) is 0 Å². The molecule has 420 valence electrons. The Hall–Kier alpha value is -7.75. The molecule has 0 bridgehead atoms. The number of Topliss-reactive ketones (excluding diaryl/α,β-unsaturated/α-hetero) is 1. The first kappa shape index (κ1) is 60.5. The molecule has 0 aliphatic rings. The molecule has 0 saturated heterocycles. The fourth-order valence-corrected chi connectivity index (χ4v) is 8.57. The van der Waals surface area contributed by atoms with Crippen LogP contribution in [0.15, 0.2) is 140 Å². The van der Waals surface area contributed by atoms with Gasteiger partial charge in [-0.25, -0.2) is 4.79 Å². The highest BCUT2D eigenvalue weighted by molar-refractivity contribution is 7.20. The van der Waals surface area contributed by atoms with Gasteiger partial charge in [0.2, 0.25) is 17.8 Å². The third-order valence-electron chi connectivity index (χ3n) is 12.0. The predicted octanol–water partition coefficient (Wildman–Crippen LogP) is 13.9. The summed E-state index contributed by atoms with van der Waals surface area (Å²) in [4.78, 5) is 23.6. The number of carbonyl (C=O) groups excluding carboxylic acids is 1. The Morgan fingerprint density at radius 2 is 0.658 bits per heavy atom. The maximum absolute atomic E-state index is 14.2. The lowest BCUT2D eigenvalue weighted by molar-refractivity contribution is -0.657. The molecule has 0 radical (unpaired) electrons. The summed E-state index contributed by atoms with van der Waals surface area (Å²) < 4.78 is 343. The molecule has 1 aromatic heterocycles. The second-order valence-electron chi connectivity index (χ2n) is 17.2. The quantitative estimate of drug-likeness (QED) is 0.0714. The van der Waals surface area contributed by atoms with E-state index in [0.29, 0.717) is 10.9 Å². The smallest absolute Gasteiger partial charge is 0.416 e. The molecule has 6 aromatic carbocycles. The Labute approximate surface area is 426 Å². The van der Waals surface area contributed by atoms with Gasteiger partial charge in [-0.1, -0.05) is 84.9 Å².